The van der Waals surface area contributed by atoms with Crippen molar-refractivity contribution in [3.8, 4) is 0 Å². The van der Waals surface area contributed by atoms with Gasteiger partial charge >= 0.3 is 6.03 Å². The Morgan fingerprint density at radius 2 is 2.12 bits per heavy atom. The molecule has 3 heterocycles. The van der Waals surface area contributed by atoms with E-state index in [1.165, 1.54) is 0 Å². The lowest BCUT2D eigenvalue weighted by molar-refractivity contribution is 0.126. The predicted molar refractivity (Wildman–Crippen MR) is 86.0 cm³/mol. The number of hydrogen-bond acceptors (Lipinski definition) is 6. The zero-order valence-corrected chi connectivity index (χ0v) is 14.3. The average Bonchev–Trinajstić information content (AvgIpc) is 3.16. The number of nitrogens with zero attached hydrogens (tertiary/aromatic N) is 6. The molecule has 9 heteroatoms. The minimum absolute atomic E-state index is 0.0688. The Labute approximate surface area is 140 Å². The number of rotatable bonds is 4. The van der Waals surface area contributed by atoms with Gasteiger partial charge in [-0.15, -0.1) is 10.2 Å². The number of nitrogens with one attached hydrogen (secondary N) is 1. The Morgan fingerprint density at radius 3 is 2.71 bits per heavy atom. The van der Waals surface area contributed by atoms with Crippen LogP contribution >= 0.6 is 0 Å². The standard InChI is InChI=1S/C15H23N7O2/c1-11-8-13(24-19-11)9-21-4-6-22(7-5-21)15(23)17-12(2)14-18-16-10-20(14)3/h8,10,12H,4-7,9H2,1-3H3,(H,17,23)/t12-/m0/s1. The highest BCUT2D eigenvalue weighted by atomic mass is 16.5. The van der Waals surface area contributed by atoms with Crippen molar-refractivity contribution >= 4 is 6.03 Å². The van der Waals surface area contributed by atoms with Gasteiger partial charge in [-0.2, -0.15) is 0 Å². The van der Waals surface area contributed by atoms with Crippen molar-refractivity contribution in [3.05, 3.63) is 29.7 Å². The third-order valence-electron chi connectivity index (χ3n) is 4.19. The molecule has 9 nitrogen and oxygen atoms in total. The van der Waals surface area contributed by atoms with E-state index in [4.69, 9.17) is 4.52 Å². The average molecular weight is 333 g/mol. The molecule has 24 heavy (non-hydrogen) atoms. The smallest absolute Gasteiger partial charge is 0.318 e. The molecule has 0 aromatic carbocycles. The van der Waals surface area contributed by atoms with Crippen LogP contribution in [0.15, 0.2) is 16.9 Å². The summed E-state index contributed by atoms with van der Waals surface area (Å²) in [6, 6.07) is 1.70. The van der Waals surface area contributed by atoms with Crippen LogP contribution in [-0.4, -0.2) is 61.9 Å². The van der Waals surface area contributed by atoms with E-state index in [2.05, 4.69) is 25.6 Å². The lowest BCUT2D eigenvalue weighted by Gasteiger charge is -2.34. The van der Waals surface area contributed by atoms with E-state index in [1.54, 1.807) is 6.33 Å². The first-order valence-electron chi connectivity index (χ1n) is 8.07. The maximum absolute atomic E-state index is 12.4. The Hall–Kier alpha value is -2.42. The fraction of sp³-hybridized carbons (Fsp3) is 0.600. The second-order valence-corrected chi connectivity index (χ2v) is 6.17. The zero-order chi connectivity index (χ0) is 17.1. The molecular weight excluding hydrogens is 310 g/mol. The number of carbonyl (C=O) groups is 1. The number of amides is 2. The summed E-state index contributed by atoms with van der Waals surface area (Å²) in [4.78, 5) is 16.5. The maximum atomic E-state index is 12.4. The van der Waals surface area contributed by atoms with Gasteiger partial charge in [-0.1, -0.05) is 5.16 Å². The molecule has 0 radical (unpaired) electrons. The summed E-state index contributed by atoms with van der Waals surface area (Å²) in [6.07, 6.45) is 1.63. The van der Waals surface area contributed by atoms with Gasteiger partial charge in [0.05, 0.1) is 18.3 Å². The normalized spacial score (nSPS) is 17.0. The molecule has 1 aliphatic heterocycles. The monoisotopic (exact) mass is 333 g/mol. The molecule has 0 saturated carbocycles. The van der Waals surface area contributed by atoms with Crippen molar-refractivity contribution in [1.29, 1.82) is 0 Å². The van der Waals surface area contributed by atoms with E-state index in [0.29, 0.717) is 13.1 Å². The number of aryl methyl sites for hydroxylation is 2. The summed E-state index contributed by atoms with van der Waals surface area (Å²) in [6.45, 7) is 7.54. The highest BCUT2D eigenvalue weighted by Gasteiger charge is 2.24. The largest absolute Gasteiger partial charge is 0.360 e. The molecule has 1 saturated heterocycles. The second kappa shape index (κ2) is 7.00. The van der Waals surface area contributed by atoms with E-state index >= 15 is 0 Å². The number of hydrogen-bond donors (Lipinski definition) is 1. The molecular formula is C15H23N7O2. The molecule has 2 amide bonds. The third-order valence-corrected chi connectivity index (χ3v) is 4.19. The minimum Gasteiger partial charge on any atom is -0.360 e. The van der Waals surface area contributed by atoms with Crippen LogP contribution in [0.25, 0.3) is 0 Å². The first kappa shape index (κ1) is 16.4. The summed E-state index contributed by atoms with van der Waals surface area (Å²) in [5.41, 5.74) is 0.890. The Morgan fingerprint density at radius 1 is 1.38 bits per heavy atom. The van der Waals surface area contributed by atoms with E-state index < -0.39 is 0 Å². The summed E-state index contributed by atoms with van der Waals surface area (Å²) >= 11 is 0. The molecule has 0 bridgehead atoms. The molecule has 1 N–H and O–H groups in total. The van der Waals surface area contributed by atoms with Crippen LogP contribution < -0.4 is 5.32 Å². The quantitative estimate of drug-likeness (QED) is 0.885. The molecule has 0 unspecified atom stereocenters. The molecule has 0 aliphatic carbocycles. The summed E-state index contributed by atoms with van der Waals surface area (Å²) in [7, 11) is 1.86. The van der Waals surface area contributed by atoms with Crippen LogP contribution in [0, 0.1) is 6.92 Å². The molecule has 130 valence electrons. The van der Waals surface area contributed by atoms with Crippen molar-refractivity contribution in [2.45, 2.75) is 26.4 Å². The number of aromatic nitrogens is 4. The summed E-state index contributed by atoms with van der Waals surface area (Å²) < 4.78 is 7.05. The molecule has 1 fully saturated rings. The van der Waals surface area contributed by atoms with E-state index in [9.17, 15) is 4.79 Å². The lowest BCUT2D eigenvalue weighted by Crippen LogP contribution is -2.51. The van der Waals surface area contributed by atoms with Crippen molar-refractivity contribution in [2.24, 2.45) is 7.05 Å². The van der Waals surface area contributed by atoms with Crippen molar-refractivity contribution in [3.63, 3.8) is 0 Å². The van der Waals surface area contributed by atoms with Gasteiger partial charge in [0.1, 0.15) is 6.33 Å². The molecule has 2 aromatic rings. The summed E-state index contributed by atoms with van der Waals surface area (Å²) in [5, 5.41) is 14.7. The number of carbonyl (C=O) groups excluding carboxylic acids is 1. The van der Waals surface area contributed by atoms with Gasteiger partial charge in [0.2, 0.25) is 0 Å². The topological polar surface area (TPSA) is 92.3 Å². The van der Waals surface area contributed by atoms with Gasteiger partial charge in [0.25, 0.3) is 0 Å². The third kappa shape index (κ3) is 3.73. The van der Waals surface area contributed by atoms with Gasteiger partial charge in [0, 0.05) is 39.3 Å². The minimum atomic E-state index is -0.180. The predicted octanol–water partition coefficient (Wildman–Crippen LogP) is 0.700. The van der Waals surface area contributed by atoms with E-state index in [1.807, 2.05) is 36.4 Å². The number of urea groups is 1. The highest BCUT2D eigenvalue weighted by molar-refractivity contribution is 5.74. The van der Waals surface area contributed by atoms with E-state index in [-0.39, 0.29) is 12.1 Å². The first-order valence-corrected chi connectivity index (χ1v) is 8.07. The van der Waals surface area contributed by atoms with Gasteiger partial charge in [-0.05, 0) is 13.8 Å². The fourth-order valence-corrected chi connectivity index (χ4v) is 2.85. The Bertz CT molecular complexity index is 688. The van der Waals surface area contributed by atoms with E-state index in [0.717, 1.165) is 36.9 Å². The molecule has 3 rings (SSSR count). The molecule has 2 aromatic heterocycles. The molecule has 1 atom stereocenters. The van der Waals surface area contributed by atoms with Crippen LogP contribution in [0.5, 0.6) is 0 Å². The van der Waals surface area contributed by atoms with Crippen molar-refractivity contribution < 1.29 is 9.32 Å². The van der Waals surface area contributed by atoms with Crippen LogP contribution in [-0.2, 0) is 13.6 Å². The van der Waals surface area contributed by atoms with Gasteiger partial charge in [0.15, 0.2) is 11.6 Å². The van der Waals surface area contributed by atoms with Crippen LogP contribution in [0.4, 0.5) is 4.79 Å². The van der Waals surface area contributed by atoms with Crippen LogP contribution in [0.1, 0.15) is 30.2 Å². The van der Waals surface area contributed by atoms with Crippen molar-refractivity contribution in [2.75, 3.05) is 26.2 Å². The zero-order valence-electron chi connectivity index (χ0n) is 14.3. The second-order valence-electron chi connectivity index (χ2n) is 6.17. The maximum Gasteiger partial charge on any atom is 0.318 e. The molecule has 1 aliphatic rings. The molecule has 0 spiro atoms. The summed E-state index contributed by atoms with van der Waals surface area (Å²) in [5.74, 6) is 1.60. The van der Waals surface area contributed by atoms with Gasteiger partial charge in [-0.25, -0.2) is 4.79 Å². The number of piperazine rings is 1. The highest BCUT2D eigenvalue weighted by Crippen LogP contribution is 2.12. The van der Waals surface area contributed by atoms with Crippen LogP contribution in [0.3, 0.4) is 0 Å². The fourth-order valence-electron chi connectivity index (χ4n) is 2.85. The lowest BCUT2D eigenvalue weighted by atomic mass is 10.3. The Kier molecular flexibility index (Phi) is 4.79. The van der Waals surface area contributed by atoms with Gasteiger partial charge in [-0.3, -0.25) is 4.90 Å². The van der Waals surface area contributed by atoms with Crippen molar-refractivity contribution in [1.82, 2.24) is 35.0 Å². The van der Waals surface area contributed by atoms with Crippen LogP contribution in [0.2, 0.25) is 0 Å². The Balaban J connectivity index is 1.47. The van der Waals surface area contributed by atoms with Gasteiger partial charge < -0.3 is 19.3 Å². The first-order chi connectivity index (χ1) is 11.5. The SMILES string of the molecule is Cc1cc(CN2CCN(C(=O)N[C@@H](C)c3nncn3C)CC2)on1.